The van der Waals surface area contributed by atoms with Gasteiger partial charge < -0.3 is 15.1 Å². The minimum atomic E-state index is -0.402. The van der Waals surface area contributed by atoms with E-state index in [0.717, 1.165) is 10.0 Å². The van der Waals surface area contributed by atoms with E-state index in [0.29, 0.717) is 23.8 Å². The molecule has 0 aromatic heterocycles. The first kappa shape index (κ1) is 18.7. The molecule has 26 heavy (non-hydrogen) atoms. The number of carbonyl (C=O) groups excluding carboxylic acids is 2. The third-order valence-corrected chi connectivity index (χ3v) is 4.93. The SMILES string of the molecule is O=C(NCc1cc(Br)ccc1Cl)N1CCN(c2cccc(F)c2)C(=O)C1. The highest BCUT2D eigenvalue weighted by Crippen LogP contribution is 2.21. The summed E-state index contributed by atoms with van der Waals surface area (Å²) in [6.45, 7) is 0.873. The van der Waals surface area contributed by atoms with Gasteiger partial charge in [0.25, 0.3) is 0 Å². The summed E-state index contributed by atoms with van der Waals surface area (Å²) in [6, 6.07) is 10.9. The van der Waals surface area contributed by atoms with Crippen LogP contribution in [0.4, 0.5) is 14.9 Å². The van der Waals surface area contributed by atoms with E-state index < -0.39 is 5.82 Å². The molecular formula is C18H16BrClFN3O2. The molecule has 0 bridgehead atoms. The molecule has 0 unspecified atom stereocenters. The van der Waals surface area contributed by atoms with E-state index >= 15 is 0 Å². The molecule has 136 valence electrons. The summed E-state index contributed by atoms with van der Waals surface area (Å²) in [5, 5.41) is 3.33. The lowest BCUT2D eigenvalue weighted by Gasteiger charge is -2.34. The normalized spacial score (nSPS) is 14.5. The monoisotopic (exact) mass is 439 g/mol. The summed E-state index contributed by atoms with van der Waals surface area (Å²) in [5.41, 5.74) is 1.27. The van der Waals surface area contributed by atoms with Crippen molar-refractivity contribution in [1.82, 2.24) is 10.2 Å². The molecule has 0 spiro atoms. The highest BCUT2D eigenvalue weighted by molar-refractivity contribution is 9.10. The number of hydrogen-bond donors (Lipinski definition) is 1. The number of benzene rings is 2. The summed E-state index contributed by atoms with van der Waals surface area (Å²) in [4.78, 5) is 27.6. The number of nitrogens with one attached hydrogen (secondary N) is 1. The molecule has 0 atom stereocenters. The Bertz CT molecular complexity index is 849. The molecule has 5 nitrogen and oxygen atoms in total. The number of carbonyl (C=O) groups is 2. The van der Waals surface area contributed by atoms with E-state index in [1.165, 1.54) is 21.9 Å². The lowest BCUT2D eigenvalue weighted by atomic mass is 10.2. The third kappa shape index (κ3) is 4.34. The minimum absolute atomic E-state index is 0.0609. The van der Waals surface area contributed by atoms with Crippen molar-refractivity contribution in [3.05, 3.63) is 63.3 Å². The molecule has 1 aliphatic rings. The largest absolute Gasteiger partial charge is 0.334 e. The van der Waals surface area contributed by atoms with Crippen LogP contribution >= 0.6 is 27.5 Å². The second kappa shape index (κ2) is 8.05. The number of halogens is 3. The maximum atomic E-state index is 13.4. The van der Waals surface area contributed by atoms with Crippen molar-refractivity contribution in [3.8, 4) is 0 Å². The van der Waals surface area contributed by atoms with Crippen LogP contribution in [0.5, 0.6) is 0 Å². The smallest absolute Gasteiger partial charge is 0.318 e. The van der Waals surface area contributed by atoms with E-state index in [1.807, 2.05) is 12.1 Å². The van der Waals surface area contributed by atoms with Crippen molar-refractivity contribution >= 4 is 45.2 Å². The van der Waals surface area contributed by atoms with Gasteiger partial charge >= 0.3 is 6.03 Å². The lowest BCUT2D eigenvalue weighted by molar-refractivity contribution is -0.120. The highest BCUT2D eigenvalue weighted by atomic mass is 79.9. The number of rotatable bonds is 3. The van der Waals surface area contributed by atoms with Crippen LogP contribution in [0.3, 0.4) is 0 Å². The third-order valence-electron chi connectivity index (χ3n) is 4.07. The first-order valence-electron chi connectivity index (χ1n) is 7.96. The molecule has 1 heterocycles. The van der Waals surface area contributed by atoms with E-state index in [2.05, 4.69) is 21.2 Å². The van der Waals surface area contributed by atoms with Gasteiger partial charge in [0.05, 0.1) is 0 Å². The summed E-state index contributed by atoms with van der Waals surface area (Å²) in [5.74, 6) is -0.654. The molecule has 2 aromatic rings. The van der Waals surface area contributed by atoms with Gasteiger partial charge in [-0.1, -0.05) is 33.6 Å². The molecule has 1 N–H and O–H groups in total. The molecule has 1 aliphatic heterocycles. The maximum Gasteiger partial charge on any atom is 0.318 e. The van der Waals surface area contributed by atoms with Gasteiger partial charge in [-0.15, -0.1) is 0 Å². The molecule has 2 aromatic carbocycles. The van der Waals surface area contributed by atoms with E-state index in [4.69, 9.17) is 11.6 Å². The van der Waals surface area contributed by atoms with Crippen LogP contribution in [0, 0.1) is 5.82 Å². The Labute approximate surface area is 163 Å². The van der Waals surface area contributed by atoms with Gasteiger partial charge in [0.2, 0.25) is 5.91 Å². The van der Waals surface area contributed by atoms with Gasteiger partial charge in [0.1, 0.15) is 12.4 Å². The van der Waals surface area contributed by atoms with Crippen LogP contribution in [0.25, 0.3) is 0 Å². The van der Waals surface area contributed by atoms with Crippen LogP contribution < -0.4 is 10.2 Å². The number of nitrogens with zero attached hydrogens (tertiary/aromatic N) is 2. The molecule has 0 radical (unpaired) electrons. The van der Waals surface area contributed by atoms with Gasteiger partial charge in [-0.2, -0.15) is 0 Å². The predicted molar refractivity (Wildman–Crippen MR) is 102 cm³/mol. The van der Waals surface area contributed by atoms with Gasteiger partial charge in [-0.3, -0.25) is 4.79 Å². The van der Waals surface area contributed by atoms with Crippen LogP contribution in [0.15, 0.2) is 46.9 Å². The van der Waals surface area contributed by atoms with Gasteiger partial charge in [0, 0.05) is 34.8 Å². The summed E-state index contributed by atoms with van der Waals surface area (Å²) < 4.78 is 14.2. The summed E-state index contributed by atoms with van der Waals surface area (Å²) >= 11 is 9.47. The fourth-order valence-corrected chi connectivity index (χ4v) is 3.32. The fourth-order valence-electron chi connectivity index (χ4n) is 2.72. The Morgan fingerprint density at radius 1 is 1.23 bits per heavy atom. The fraction of sp³-hybridized carbons (Fsp3) is 0.222. The Morgan fingerprint density at radius 2 is 2.04 bits per heavy atom. The van der Waals surface area contributed by atoms with Crippen molar-refractivity contribution in [3.63, 3.8) is 0 Å². The molecule has 1 saturated heterocycles. The zero-order chi connectivity index (χ0) is 18.7. The average Bonchev–Trinajstić information content (AvgIpc) is 2.62. The van der Waals surface area contributed by atoms with Crippen molar-refractivity contribution in [2.45, 2.75) is 6.54 Å². The topological polar surface area (TPSA) is 52.7 Å². The minimum Gasteiger partial charge on any atom is -0.334 e. The van der Waals surface area contributed by atoms with Crippen LogP contribution in [-0.2, 0) is 11.3 Å². The lowest BCUT2D eigenvalue weighted by Crippen LogP contribution is -2.54. The summed E-state index contributed by atoms with van der Waals surface area (Å²) in [7, 11) is 0. The van der Waals surface area contributed by atoms with Crippen LogP contribution in [-0.4, -0.2) is 36.5 Å². The van der Waals surface area contributed by atoms with E-state index in [9.17, 15) is 14.0 Å². The first-order valence-corrected chi connectivity index (χ1v) is 9.14. The quantitative estimate of drug-likeness (QED) is 0.789. The molecule has 3 rings (SSSR count). The van der Waals surface area contributed by atoms with Crippen molar-refractivity contribution in [2.24, 2.45) is 0 Å². The number of hydrogen-bond acceptors (Lipinski definition) is 2. The predicted octanol–water partition coefficient (Wildman–Crippen LogP) is 3.80. The maximum absolute atomic E-state index is 13.4. The Kier molecular flexibility index (Phi) is 5.78. The molecule has 8 heteroatoms. The molecular weight excluding hydrogens is 425 g/mol. The molecule has 0 saturated carbocycles. The van der Waals surface area contributed by atoms with E-state index in [-0.39, 0.29) is 25.0 Å². The van der Waals surface area contributed by atoms with Crippen molar-refractivity contribution in [2.75, 3.05) is 24.5 Å². The molecule has 1 fully saturated rings. The van der Waals surface area contributed by atoms with Crippen molar-refractivity contribution in [1.29, 1.82) is 0 Å². The second-order valence-electron chi connectivity index (χ2n) is 5.84. The van der Waals surface area contributed by atoms with Gasteiger partial charge in [0.15, 0.2) is 0 Å². The number of anilines is 1. The number of piperazine rings is 1. The molecule has 3 amide bonds. The van der Waals surface area contributed by atoms with Gasteiger partial charge in [-0.25, -0.2) is 9.18 Å². The number of urea groups is 1. The van der Waals surface area contributed by atoms with Crippen LogP contribution in [0.1, 0.15) is 5.56 Å². The zero-order valence-corrected chi connectivity index (χ0v) is 16.1. The summed E-state index contributed by atoms with van der Waals surface area (Å²) in [6.07, 6.45) is 0. The van der Waals surface area contributed by atoms with Crippen LogP contribution in [0.2, 0.25) is 5.02 Å². The molecule has 0 aliphatic carbocycles. The number of amides is 3. The Morgan fingerprint density at radius 3 is 2.77 bits per heavy atom. The first-order chi connectivity index (χ1) is 12.4. The van der Waals surface area contributed by atoms with Crippen molar-refractivity contribution < 1.29 is 14.0 Å². The second-order valence-corrected chi connectivity index (χ2v) is 7.16. The zero-order valence-electron chi connectivity index (χ0n) is 13.7. The Balaban J connectivity index is 1.59. The average molecular weight is 441 g/mol. The Hall–Kier alpha value is -2.12. The standard InChI is InChI=1S/C18H16BrClFN3O2/c19-13-4-5-16(20)12(8-13)10-22-18(26)23-6-7-24(17(25)11-23)15-3-1-2-14(21)9-15/h1-5,8-9H,6-7,10-11H2,(H,22,26). The highest BCUT2D eigenvalue weighted by Gasteiger charge is 2.28. The van der Waals surface area contributed by atoms with E-state index in [1.54, 1.807) is 18.2 Å². The van der Waals surface area contributed by atoms with Gasteiger partial charge in [-0.05, 0) is 42.0 Å².